The van der Waals surface area contributed by atoms with Gasteiger partial charge in [0.2, 0.25) is 5.91 Å². The van der Waals surface area contributed by atoms with Gasteiger partial charge in [-0.25, -0.2) is 9.97 Å². The number of hydrogen-bond acceptors (Lipinski definition) is 5. The minimum absolute atomic E-state index is 0.0116. The number of imidazole rings is 1. The zero-order valence-corrected chi connectivity index (χ0v) is 13.9. The van der Waals surface area contributed by atoms with Crippen LogP contribution in [0.1, 0.15) is 30.4 Å². The Morgan fingerprint density at radius 2 is 2.33 bits per heavy atom. The van der Waals surface area contributed by atoms with Crippen LogP contribution in [0.4, 0.5) is 0 Å². The second-order valence-corrected chi connectivity index (χ2v) is 5.78. The van der Waals surface area contributed by atoms with Crippen LogP contribution < -0.4 is 5.56 Å². The van der Waals surface area contributed by atoms with Crippen LogP contribution in [0.5, 0.6) is 0 Å². The molecular formula is C16H21N5O3. The molecule has 1 aliphatic rings. The van der Waals surface area contributed by atoms with E-state index in [0.717, 1.165) is 12.2 Å². The quantitative estimate of drug-likeness (QED) is 0.877. The number of hydrogen-bond donors (Lipinski definition) is 1. The van der Waals surface area contributed by atoms with Crippen molar-refractivity contribution in [3.05, 3.63) is 46.2 Å². The molecule has 128 valence electrons. The molecule has 24 heavy (non-hydrogen) atoms. The number of morpholine rings is 1. The Morgan fingerprint density at radius 3 is 3.08 bits per heavy atom. The number of carbonyl (C=O) groups is 1. The van der Waals surface area contributed by atoms with Gasteiger partial charge in [-0.2, -0.15) is 0 Å². The Labute approximate surface area is 139 Å². The van der Waals surface area contributed by atoms with Gasteiger partial charge in [0, 0.05) is 31.4 Å². The summed E-state index contributed by atoms with van der Waals surface area (Å²) in [4.78, 5) is 37.1. The fourth-order valence-electron chi connectivity index (χ4n) is 2.87. The van der Waals surface area contributed by atoms with Gasteiger partial charge in [0.15, 0.2) is 0 Å². The molecule has 2 aromatic rings. The molecule has 0 spiro atoms. The molecule has 1 amide bonds. The monoisotopic (exact) mass is 331 g/mol. The highest BCUT2D eigenvalue weighted by atomic mass is 16.5. The van der Waals surface area contributed by atoms with Crippen molar-refractivity contribution in [2.45, 2.75) is 32.9 Å². The minimum atomic E-state index is -0.378. The van der Waals surface area contributed by atoms with Crippen LogP contribution in [0, 0.1) is 6.92 Å². The summed E-state index contributed by atoms with van der Waals surface area (Å²) in [6, 6.07) is 1.43. The SMILES string of the molecule is CCc1nccn1CC(=O)N1CCOC(c2cc(=O)[nH]c(C)n2)C1. The lowest BCUT2D eigenvalue weighted by Gasteiger charge is -2.32. The fraction of sp³-hybridized carbons (Fsp3) is 0.500. The summed E-state index contributed by atoms with van der Waals surface area (Å²) in [6.45, 7) is 5.35. The predicted octanol–water partition coefficient (Wildman–Crippen LogP) is 0.437. The number of carbonyl (C=O) groups excluding carboxylic acids is 1. The molecule has 0 bridgehead atoms. The van der Waals surface area contributed by atoms with Crippen molar-refractivity contribution in [1.29, 1.82) is 0 Å². The summed E-state index contributed by atoms with van der Waals surface area (Å²) in [5, 5.41) is 0. The Balaban J connectivity index is 1.71. The van der Waals surface area contributed by atoms with Crippen LogP contribution in [-0.4, -0.2) is 50.0 Å². The van der Waals surface area contributed by atoms with Crippen molar-refractivity contribution in [3.63, 3.8) is 0 Å². The molecule has 1 atom stereocenters. The van der Waals surface area contributed by atoms with Crippen molar-refractivity contribution in [2.24, 2.45) is 0 Å². The number of aromatic nitrogens is 4. The maximum absolute atomic E-state index is 12.6. The summed E-state index contributed by atoms with van der Waals surface area (Å²) in [6.07, 6.45) is 3.92. The third kappa shape index (κ3) is 3.53. The topological polar surface area (TPSA) is 93.1 Å². The third-order valence-electron chi connectivity index (χ3n) is 4.05. The molecule has 0 radical (unpaired) electrons. The number of aryl methyl sites for hydroxylation is 2. The van der Waals surface area contributed by atoms with E-state index in [2.05, 4.69) is 15.0 Å². The average molecular weight is 331 g/mol. The molecule has 1 fully saturated rings. The lowest BCUT2D eigenvalue weighted by Crippen LogP contribution is -2.44. The van der Waals surface area contributed by atoms with E-state index in [4.69, 9.17) is 4.74 Å². The number of nitrogens with zero attached hydrogens (tertiary/aromatic N) is 4. The number of nitrogens with one attached hydrogen (secondary N) is 1. The molecular weight excluding hydrogens is 310 g/mol. The number of aromatic amines is 1. The molecule has 3 heterocycles. The van der Waals surface area contributed by atoms with E-state index in [1.807, 2.05) is 17.7 Å². The summed E-state index contributed by atoms with van der Waals surface area (Å²) >= 11 is 0. The van der Waals surface area contributed by atoms with E-state index in [-0.39, 0.29) is 24.1 Å². The van der Waals surface area contributed by atoms with Gasteiger partial charge in [0.1, 0.15) is 24.3 Å². The first kappa shape index (κ1) is 16.4. The van der Waals surface area contributed by atoms with E-state index < -0.39 is 0 Å². The lowest BCUT2D eigenvalue weighted by molar-refractivity contribution is -0.139. The molecule has 8 nitrogen and oxygen atoms in total. The standard InChI is InChI=1S/C16H21N5O3/c1-3-14-17-4-5-20(14)10-16(23)21-6-7-24-13(9-21)12-8-15(22)19-11(2)18-12/h4-5,8,13H,3,6-7,9-10H2,1-2H3,(H,18,19,22). The van der Waals surface area contributed by atoms with Gasteiger partial charge in [-0.15, -0.1) is 0 Å². The Bertz CT molecular complexity index is 782. The Hall–Kier alpha value is -2.48. The zero-order chi connectivity index (χ0) is 17.1. The first-order valence-corrected chi connectivity index (χ1v) is 8.04. The van der Waals surface area contributed by atoms with Gasteiger partial charge < -0.3 is 19.2 Å². The van der Waals surface area contributed by atoms with Gasteiger partial charge in [0.05, 0.1) is 18.8 Å². The minimum Gasteiger partial charge on any atom is -0.368 e. The Kier molecular flexibility index (Phi) is 4.75. The molecule has 1 unspecified atom stereocenters. The number of H-pyrrole nitrogens is 1. The fourth-order valence-corrected chi connectivity index (χ4v) is 2.87. The molecule has 8 heteroatoms. The van der Waals surface area contributed by atoms with Crippen LogP contribution >= 0.6 is 0 Å². The van der Waals surface area contributed by atoms with Crippen LogP contribution in [0.25, 0.3) is 0 Å². The number of amides is 1. The van der Waals surface area contributed by atoms with Crippen LogP contribution in [-0.2, 0) is 22.5 Å². The summed E-state index contributed by atoms with van der Waals surface area (Å²) < 4.78 is 7.57. The van der Waals surface area contributed by atoms with E-state index in [0.29, 0.717) is 31.2 Å². The van der Waals surface area contributed by atoms with Gasteiger partial charge >= 0.3 is 0 Å². The number of rotatable bonds is 4. The molecule has 1 N–H and O–H groups in total. The van der Waals surface area contributed by atoms with Crippen molar-refractivity contribution in [2.75, 3.05) is 19.7 Å². The lowest BCUT2D eigenvalue weighted by atomic mass is 10.2. The van der Waals surface area contributed by atoms with E-state index in [1.165, 1.54) is 6.07 Å². The van der Waals surface area contributed by atoms with Crippen molar-refractivity contribution >= 4 is 5.91 Å². The molecule has 1 aliphatic heterocycles. The molecule has 3 rings (SSSR count). The smallest absolute Gasteiger partial charge is 0.251 e. The van der Waals surface area contributed by atoms with Gasteiger partial charge in [0.25, 0.3) is 5.56 Å². The normalized spacial score (nSPS) is 17.9. The van der Waals surface area contributed by atoms with Crippen LogP contribution in [0.15, 0.2) is 23.3 Å². The second kappa shape index (κ2) is 6.96. The first-order valence-electron chi connectivity index (χ1n) is 8.04. The number of ether oxygens (including phenoxy) is 1. The van der Waals surface area contributed by atoms with Crippen LogP contribution in [0.3, 0.4) is 0 Å². The molecule has 0 saturated carbocycles. The highest BCUT2D eigenvalue weighted by Gasteiger charge is 2.27. The average Bonchev–Trinajstić information content (AvgIpc) is 3.01. The third-order valence-corrected chi connectivity index (χ3v) is 4.05. The van der Waals surface area contributed by atoms with Gasteiger partial charge in [-0.1, -0.05) is 6.92 Å². The van der Waals surface area contributed by atoms with Crippen LogP contribution in [0.2, 0.25) is 0 Å². The summed E-state index contributed by atoms with van der Waals surface area (Å²) in [5.41, 5.74) is 0.348. The van der Waals surface area contributed by atoms with Crippen molar-refractivity contribution in [1.82, 2.24) is 24.4 Å². The Morgan fingerprint density at radius 1 is 1.50 bits per heavy atom. The molecule has 0 aromatic carbocycles. The van der Waals surface area contributed by atoms with E-state index >= 15 is 0 Å². The van der Waals surface area contributed by atoms with Gasteiger partial charge in [-0.05, 0) is 6.92 Å². The highest BCUT2D eigenvalue weighted by molar-refractivity contribution is 5.76. The first-order chi connectivity index (χ1) is 11.6. The highest BCUT2D eigenvalue weighted by Crippen LogP contribution is 2.20. The molecule has 1 saturated heterocycles. The van der Waals surface area contributed by atoms with Crippen molar-refractivity contribution in [3.8, 4) is 0 Å². The van der Waals surface area contributed by atoms with E-state index in [1.54, 1.807) is 18.0 Å². The van der Waals surface area contributed by atoms with E-state index in [9.17, 15) is 9.59 Å². The second-order valence-electron chi connectivity index (χ2n) is 5.78. The summed E-state index contributed by atoms with van der Waals surface area (Å²) in [7, 11) is 0. The largest absolute Gasteiger partial charge is 0.368 e. The van der Waals surface area contributed by atoms with Gasteiger partial charge in [-0.3, -0.25) is 9.59 Å². The zero-order valence-electron chi connectivity index (χ0n) is 13.9. The maximum atomic E-state index is 12.6. The summed E-state index contributed by atoms with van der Waals surface area (Å²) in [5.74, 6) is 1.44. The predicted molar refractivity (Wildman–Crippen MR) is 86.5 cm³/mol. The maximum Gasteiger partial charge on any atom is 0.251 e. The molecule has 2 aromatic heterocycles. The molecule has 0 aliphatic carbocycles. The van der Waals surface area contributed by atoms with Crippen molar-refractivity contribution < 1.29 is 9.53 Å².